The molecule has 0 bridgehead atoms. The fraction of sp³-hybridized carbons (Fsp3) is 0.500. The van der Waals surface area contributed by atoms with E-state index >= 15 is 0 Å². The highest BCUT2D eigenvalue weighted by molar-refractivity contribution is 5.32. The van der Waals surface area contributed by atoms with Gasteiger partial charge in [-0.3, -0.25) is 0 Å². The molecule has 15 heavy (non-hydrogen) atoms. The molecule has 0 unspecified atom stereocenters. The van der Waals surface area contributed by atoms with Crippen LogP contribution in [0.2, 0.25) is 0 Å². The van der Waals surface area contributed by atoms with Gasteiger partial charge in [-0.2, -0.15) is 0 Å². The summed E-state index contributed by atoms with van der Waals surface area (Å²) in [6.07, 6.45) is 2.22. The van der Waals surface area contributed by atoms with Gasteiger partial charge in [-0.05, 0) is 12.1 Å². The Morgan fingerprint density at radius 1 is 1.20 bits per heavy atom. The summed E-state index contributed by atoms with van der Waals surface area (Å²) in [6.45, 7) is 1.60. The van der Waals surface area contributed by atoms with Crippen LogP contribution in [0.5, 0.6) is 11.5 Å². The fourth-order valence-electron chi connectivity index (χ4n) is 1.66. The highest BCUT2D eigenvalue weighted by atomic mass is 16.5. The van der Waals surface area contributed by atoms with Crippen LogP contribution in [0.1, 0.15) is 12.8 Å². The molecule has 1 aromatic carbocycles. The van der Waals surface area contributed by atoms with Crippen molar-refractivity contribution in [3.63, 3.8) is 0 Å². The Kier molecular flexibility index (Phi) is 3.45. The predicted octanol–water partition coefficient (Wildman–Crippen LogP) is 2.25. The Morgan fingerprint density at radius 2 is 1.93 bits per heavy atom. The van der Waals surface area contributed by atoms with Gasteiger partial charge in [-0.1, -0.05) is 6.07 Å². The lowest BCUT2D eigenvalue weighted by Gasteiger charge is -2.23. The van der Waals surface area contributed by atoms with Crippen molar-refractivity contribution in [2.75, 3.05) is 20.3 Å². The van der Waals surface area contributed by atoms with E-state index in [4.69, 9.17) is 14.2 Å². The van der Waals surface area contributed by atoms with E-state index in [1.54, 1.807) is 7.11 Å². The fourth-order valence-corrected chi connectivity index (χ4v) is 1.66. The molecule has 1 aliphatic rings. The van der Waals surface area contributed by atoms with Crippen LogP contribution in [0.15, 0.2) is 24.3 Å². The van der Waals surface area contributed by atoms with Gasteiger partial charge in [-0.15, -0.1) is 0 Å². The summed E-state index contributed by atoms with van der Waals surface area (Å²) in [4.78, 5) is 0. The number of hydrogen-bond acceptors (Lipinski definition) is 3. The van der Waals surface area contributed by atoms with E-state index in [0.29, 0.717) is 0 Å². The van der Waals surface area contributed by atoms with E-state index < -0.39 is 0 Å². The van der Waals surface area contributed by atoms with E-state index in [1.807, 2.05) is 24.3 Å². The summed E-state index contributed by atoms with van der Waals surface area (Å²) in [7, 11) is 1.66. The van der Waals surface area contributed by atoms with Gasteiger partial charge in [0.1, 0.15) is 17.6 Å². The first kappa shape index (κ1) is 10.3. The third-order valence-electron chi connectivity index (χ3n) is 2.51. The van der Waals surface area contributed by atoms with Gasteiger partial charge in [0.15, 0.2) is 0 Å². The van der Waals surface area contributed by atoms with Crippen LogP contribution in [-0.4, -0.2) is 26.4 Å². The predicted molar refractivity (Wildman–Crippen MR) is 57.5 cm³/mol. The molecular weight excluding hydrogens is 192 g/mol. The average molecular weight is 208 g/mol. The molecule has 3 nitrogen and oxygen atoms in total. The van der Waals surface area contributed by atoms with Crippen molar-refractivity contribution in [3.05, 3.63) is 24.3 Å². The van der Waals surface area contributed by atoms with Gasteiger partial charge in [0.25, 0.3) is 0 Å². The topological polar surface area (TPSA) is 27.7 Å². The lowest BCUT2D eigenvalue weighted by molar-refractivity contribution is 0.0255. The number of hydrogen-bond donors (Lipinski definition) is 0. The lowest BCUT2D eigenvalue weighted by Crippen LogP contribution is -2.25. The van der Waals surface area contributed by atoms with Crippen molar-refractivity contribution in [2.45, 2.75) is 18.9 Å². The summed E-state index contributed by atoms with van der Waals surface area (Å²) in [5, 5.41) is 0. The molecule has 3 heteroatoms. The molecule has 0 aliphatic carbocycles. The Hall–Kier alpha value is -1.22. The lowest BCUT2D eigenvalue weighted by atomic mass is 10.1. The van der Waals surface area contributed by atoms with Crippen LogP contribution in [0.3, 0.4) is 0 Å². The molecular formula is C12H16O3. The Morgan fingerprint density at radius 3 is 2.67 bits per heavy atom. The van der Waals surface area contributed by atoms with E-state index in [0.717, 1.165) is 37.6 Å². The second-order valence-corrected chi connectivity index (χ2v) is 3.61. The quantitative estimate of drug-likeness (QED) is 0.762. The second-order valence-electron chi connectivity index (χ2n) is 3.61. The van der Waals surface area contributed by atoms with Gasteiger partial charge in [0, 0.05) is 18.9 Å². The van der Waals surface area contributed by atoms with Gasteiger partial charge >= 0.3 is 0 Å². The van der Waals surface area contributed by atoms with Crippen molar-refractivity contribution < 1.29 is 14.2 Å². The molecule has 1 heterocycles. The van der Waals surface area contributed by atoms with Crippen molar-refractivity contribution in [3.8, 4) is 11.5 Å². The Balaban J connectivity index is 1.96. The maximum absolute atomic E-state index is 5.84. The standard InChI is InChI=1S/C12H16O3/c1-13-11-3-2-4-12(9-11)15-10-5-7-14-8-6-10/h2-4,9-10H,5-8H2,1H3. The first-order chi connectivity index (χ1) is 7.38. The summed E-state index contributed by atoms with van der Waals surface area (Å²) in [5.41, 5.74) is 0. The largest absolute Gasteiger partial charge is 0.497 e. The maximum Gasteiger partial charge on any atom is 0.123 e. The number of ether oxygens (including phenoxy) is 3. The highest BCUT2D eigenvalue weighted by Gasteiger charge is 2.15. The minimum absolute atomic E-state index is 0.283. The first-order valence-corrected chi connectivity index (χ1v) is 5.27. The van der Waals surface area contributed by atoms with Crippen LogP contribution in [0.4, 0.5) is 0 Å². The number of rotatable bonds is 3. The molecule has 0 saturated carbocycles. The minimum Gasteiger partial charge on any atom is -0.497 e. The zero-order valence-corrected chi connectivity index (χ0v) is 8.94. The number of benzene rings is 1. The van der Waals surface area contributed by atoms with Crippen molar-refractivity contribution in [2.24, 2.45) is 0 Å². The monoisotopic (exact) mass is 208 g/mol. The third kappa shape index (κ3) is 2.86. The SMILES string of the molecule is COc1cccc(OC2CCOCC2)c1. The summed E-state index contributed by atoms with van der Waals surface area (Å²) in [5.74, 6) is 1.71. The molecule has 0 N–H and O–H groups in total. The van der Waals surface area contributed by atoms with Crippen LogP contribution in [-0.2, 0) is 4.74 Å². The van der Waals surface area contributed by atoms with Crippen LogP contribution >= 0.6 is 0 Å². The average Bonchev–Trinajstić information content (AvgIpc) is 2.31. The summed E-state index contributed by atoms with van der Waals surface area (Å²) < 4.78 is 16.3. The highest BCUT2D eigenvalue weighted by Crippen LogP contribution is 2.22. The first-order valence-electron chi connectivity index (χ1n) is 5.27. The van der Waals surface area contributed by atoms with Crippen LogP contribution < -0.4 is 9.47 Å². The molecule has 1 aromatic rings. The molecule has 1 aliphatic heterocycles. The minimum atomic E-state index is 0.283. The zero-order chi connectivity index (χ0) is 10.5. The van der Waals surface area contributed by atoms with E-state index in [9.17, 15) is 0 Å². The Bertz CT molecular complexity index is 305. The Labute approximate surface area is 90.0 Å². The molecule has 0 atom stereocenters. The molecule has 0 aromatic heterocycles. The molecule has 1 saturated heterocycles. The molecule has 82 valence electrons. The van der Waals surface area contributed by atoms with E-state index in [2.05, 4.69) is 0 Å². The normalized spacial score (nSPS) is 17.4. The van der Waals surface area contributed by atoms with Gasteiger partial charge in [0.2, 0.25) is 0 Å². The molecule has 1 fully saturated rings. The molecule has 2 rings (SSSR count). The zero-order valence-electron chi connectivity index (χ0n) is 8.94. The number of methoxy groups -OCH3 is 1. The smallest absolute Gasteiger partial charge is 0.123 e. The van der Waals surface area contributed by atoms with Crippen LogP contribution in [0.25, 0.3) is 0 Å². The maximum atomic E-state index is 5.84. The van der Waals surface area contributed by atoms with Crippen molar-refractivity contribution in [1.82, 2.24) is 0 Å². The third-order valence-corrected chi connectivity index (χ3v) is 2.51. The molecule has 0 spiro atoms. The van der Waals surface area contributed by atoms with E-state index in [-0.39, 0.29) is 6.10 Å². The van der Waals surface area contributed by atoms with Crippen LogP contribution in [0, 0.1) is 0 Å². The molecule has 0 radical (unpaired) electrons. The second kappa shape index (κ2) is 5.03. The van der Waals surface area contributed by atoms with Gasteiger partial charge in [-0.25, -0.2) is 0 Å². The van der Waals surface area contributed by atoms with Crippen molar-refractivity contribution in [1.29, 1.82) is 0 Å². The van der Waals surface area contributed by atoms with Crippen molar-refractivity contribution >= 4 is 0 Å². The van der Waals surface area contributed by atoms with Gasteiger partial charge < -0.3 is 14.2 Å². The summed E-state index contributed by atoms with van der Waals surface area (Å²) in [6, 6.07) is 7.72. The molecule has 0 amide bonds. The summed E-state index contributed by atoms with van der Waals surface area (Å²) >= 11 is 0. The van der Waals surface area contributed by atoms with E-state index in [1.165, 1.54) is 0 Å². The van der Waals surface area contributed by atoms with Gasteiger partial charge in [0.05, 0.1) is 20.3 Å².